The molecule has 2 aliphatic heterocycles. The Bertz CT molecular complexity index is 243. The SMILES string of the molecule is CCCCCCCC(=O)N1C[C@H]2CNC[C@H]2C1. The van der Waals surface area contributed by atoms with Gasteiger partial charge in [0, 0.05) is 32.6 Å². The predicted molar refractivity (Wildman–Crippen MR) is 69.8 cm³/mol. The zero-order chi connectivity index (χ0) is 12.1. The molecule has 0 aromatic heterocycles. The fourth-order valence-electron chi connectivity index (χ4n) is 3.10. The lowest BCUT2D eigenvalue weighted by molar-refractivity contribution is -0.130. The summed E-state index contributed by atoms with van der Waals surface area (Å²) in [7, 11) is 0. The van der Waals surface area contributed by atoms with Crippen molar-refractivity contribution in [3.63, 3.8) is 0 Å². The van der Waals surface area contributed by atoms with Gasteiger partial charge in [0.25, 0.3) is 0 Å². The van der Waals surface area contributed by atoms with Crippen LogP contribution in [0.1, 0.15) is 45.4 Å². The van der Waals surface area contributed by atoms with E-state index in [9.17, 15) is 4.79 Å². The molecule has 2 rings (SSSR count). The summed E-state index contributed by atoms with van der Waals surface area (Å²) < 4.78 is 0. The molecule has 0 aromatic rings. The Balaban J connectivity index is 1.60. The van der Waals surface area contributed by atoms with Crippen LogP contribution in [-0.2, 0) is 4.79 Å². The first-order chi connectivity index (χ1) is 8.31. The van der Waals surface area contributed by atoms with E-state index < -0.39 is 0 Å². The summed E-state index contributed by atoms with van der Waals surface area (Å²) in [6.07, 6.45) is 6.96. The number of unbranched alkanes of at least 4 members (excludes halogenated alkanes) is 4. The van der Waals surface area contributed by atoms with E-state index in [1.165, 1.54) is 25.7 Å². The monoisotopic (exact) mass is 238 g/mol. The summed E-state index contributed by atoms with van der Waals surface area (Å²) in [5.41, 5.74) is 0. The van der Waals surface area contributed by atoms with E-state index in [0.29, 0.717) is 5.91 Å². The second kappa shape index (κ2) is 6.39. The van der Waals surface area contributed by atoms with Crippen molar-refractivity contribution in [1.29, 1.82) is 0 Å². The molecular formula is C14H26N2O. The molecule has 98 valence electrons. The second-order valence-electron chi connectivity index (χ2n) is 5.64. The largest absolute Gasteiger partial charge is 0.342 e. The highest BCUT2D eigenvalue weighted by Crippen LogP contribution is 2.26. The number of hydrogen-bond acceptors (Lipinski definition) is 2. The lowest BCUT2D eigenvalue weighted by atomic mass is 10.0. The van der Waals surface area contributed by atoms with E-state index in [4.69, 9.17) is 0 Å². The summed E-state index contributed by atoms with van der Waals surface area (Å²) in [4.78, 5) is 14.1. The molecule has 0 spiro atoms. The van der Waals surface area contributed by atoms with Crippen LogP contribution in [0.15, 0.2) is 0 Å². The van der Waals surface area contributed by atoms with Crippen LogP contribution in [0.3, 0.4) is 0 Å². The van der Waals surface area contributed by atoms with Crippen molar-refractivity contribution in [3.8, 4) is 0 Å². The minimum atomic E-state index is 0.399. The minimum Gasteiger partial charge on any atom is -0.342 e. The third-order valence-corrected chi connectivity index (χ3v) is 4.24. The van der Waals surface area contributed by atoms with Crippen LogP contribution < -0.4 is 5.32 Å². The average molecular weight is 238 g/mol. The van der Waals surface area contributed by atoms with Crippen molar-refractivity contribution in [2.24, 2.45) is 11.8 Å². The summed E-state index contributed by atoms with van der Waals surface area (Å²) >= 11 is 0. The lowest BCUT2D eigenvalue weighted by Crippen LogP contribution is -2.31. The number of nitrogens with one attached hydrogen (secondary N) is 1. The zero-order valence-corrected chi connectivity index (χ0v) is 11.1. The van der Waals surface area contributed by atoms with Crippen LogP contribution in [-0.4, -0.2) is 37.0 Å². The van der Waals surface area contributed by atoms with Crippen LogP contribution in [0.4, 0.5) is 0 Å². The van der Waals surface area contributed by atoms with Gasteiger partial charge in [-0.05, 0) is 18.3 Å². The molecule has 3 heteroatoms. The van der Waals surface area contributed by atoms with Crippen LogP contribution in [0, 0.1) is 11.8 Å². The van der Waals surface area contributed by atoms with Gasteiger partial charge in [-0.2, -0.15) is 0 Å². The van der Waals surface area contributed by atoms with Crippen LogP contribution in [0.5, 0.6) is 0 Å². The molecule has 0 unspecified atom stereocenters. The van der Waals surface area contributed by atoms with E-state index in [-0.39, 0.29) is 0 Å². The minimum absolute atomic E-state index is 0.399. The standard InChI is InChI=1S/C14H26N2O/c1-2-3-4-5-6-7-14(17)16-10-12-8-15-9-13(12)11-16/h12-13,15H,2-11H2,1H3/t12-,13+. The number of carbonyl (C=O) groups is 1. The molecule has 0 aliphatic carbocycles. The van der Waals surface area contributed by atoms with E-state index in [0.717, 1.165) is 50.9 Å². The van der Waals surface area contributed by atoms with Crippen molar-refractivity contribution in [2.75, 3.05) is 26.2 Å². The van der Waals surface area contributed by atoms with Gasteiger partial charge in [0.2, 0.25) is 5.91 Å². The van der Waals surface area contributed by atoms with E-state index in [1.54, 1.807) is 0 Å². The quantitative estimate of drug-likeness (QED) is 0.718. The predicted octanol–water partition coefficient (Wildman–Crippen LogP) is 2.02. The van der Waals surface area contributed by atoms with Crippen molar-refractivity contribution in [2.45, 2.75) is 45.4 Å². The number of nitrogens with zero attached hydrogens (tertiary/aromatic N) is 1. The van der Waals surface area contributed by atoms with Gasteiger partial charge in [0.1, 0.15) is 0 Å². The number of carbonyl (C=O) groups excluding carboxylic acids is 1. The molecule has 0 aromatic carbocycles. The number of hydrogen-bond donors (Lipinski definition) is 1. The second-order valence-corrected chi connectivity index (χ2v) is 5.64. The Kier molecular flexibility index (Phi) is 4.84. The fourth-order valence-corrected chi connectivity index (χ4v) is 3.10. The first-order valence-electron chi connectivity index (χ1n) is 7.29. The van der Waals surface area contributed by atoms with E-state index in [2.05, 4.69) is 17.1 Å². The van der Waals surface area contributed by atoms with Crippen LogP contribution >= 0.6 is 0 Å². The van der Waals surface area contributed by atoms with Gasteiger partial charge in [-0.25, -0.2) is 0 Å². The lowest BCUT2D eigenvalue weighted by Gasteiger charge is -2.17. The van der Waals surface area contributed by atoms with Crippen molar-refractivity contribution >= 4 is 5.91 Å². The smallest absolute Gasteiger partial charge is 0.222 e. The van der Waals surface area contributed by atoms with Gasteiger partial charge in [0.15, 0.2) is 0 Å². The Morgan fingerprint density at radius 3 is 2.41 bits per heavy atom. The van der Waals surface area contributed by atoms with Crippen molar-refractivity contribution < 1.29 is 4.79 Å². The summed E-state index contributed by atoms with van der Waals surface area (Å²) in [6.45, 7) is 6.47. The van der Waals surface area contributed by atoms with Crippen molar-refractivity contribution in [1.82, 2.24) is 10.2 Å². The third kappa shape index (κ3) is 3.44. The molecule has 0 radical (unpaired) electrons. The Morgan fingerprint density at radius 1 is 1.12 bits per heavy atom. The Hall–Kier alpha value is -0.570. The maximum atomic E-state index is 12.0. The molecule has 2 saturated heterocycles. The Morgan fingerprint density at radius 2 is 1.76 bits per heavy atom. The van der Waals surface area contributed by atoms with Gasteiger partial charge in [0.05, 0.1) is 0 Å². The van der Waals surface area contributed by atoms with E-state index in [1.807, 2.05) is 0 Å². The third-order valence-electron chi connectivity index (χ3n) is 4.24. The highest BCUT2D eigenvalue weighted by Gasteiger charge is 2.37. The number of fused-ring (bicyclic) bond motifs is 1. The maximum absolute atomic E-state index is 12.0. The highest BCUT2D eigenvalue weighted by molar-refractivity contribution is 5.76. The average Bonchev–Trinajstić information content (AvgIpc) is 2.88. The highest BCUT2D eigenvalue weighted by atomic mass is 16.2. The molecule has 0 bridgehead atoms. The van der Waals surface area contributed by atoms with Crippen LogP contribution in [0.2, 0.25) is 0 Å². The normalized spacial score (nSPS) is 27.5. The van der Waals surface area contributed by atoms with Gasteiger partial charge < -0.3 is 10.2 Å². The molecule has 17 heavy (non-hydrogen) atoms. The molecule has 0 saturated carbocycles. The van der Waals surface area contributed by atoms with Gasteiger partial charge >= 0.3 is 0 Å². The topological polar surface area (TPSA) is 32.3 Å². The van der Waals surface area contributed by atoms with Gasteiger partial charge in [-0.1, -0.05) is 32.6 Å². The molecule has 2 fully saturated rings. The first kappa shape index (κ1) is 12.9. The number of amides is 1. The zero-order valence-electron chi connectivity index (χ0n) is 11.1. The number of rotatable bonds is 6. The first-order valence-corrected chi connectivity index (χ1v) is 7.29. The maximum Gasteiger partial charge on any atom is 0.222 e. The van der Waals surface area contributed by atoms with E-state index >= 15 is 0 Å². The van der Waals surface area contributed by atoms with Crippen molar-refractivity contribution in [3.05, 3.63) is 0 Å². The molecule has 3 nitrogen and oxygen atoms in total. The summed E-state index contributed by atoms with van der Waals surface area (Å²) in [5.74, 6) is 1.87. The Labute approximate surface area is 105 Å². The molecule has 2 heterocycles. The summed E-state index contributed by atoms with van der Waals surface area (Å²) in [5, 5.41) is 3.41. The molecule has 2 atom stereocenters. The van der Waals surface area contributed by atoms with Gasteiger partial charge in [-0.15, -0.1) is 0 Å². The summed E-state index contributed by atoms with van der Waals surface area (Å²) in [6, 6.07) is 0. The molecular weight excluding hydrogens is 212 g/mol. The van der Waals surface area contributed by atoms with Gasteiger partial charge in [-0.3, -0.25) is 4.79 Å². The number of likely N-dealkylation sites (tertiary alicyclic amines) is 1. The fraction of sp³-hybridized carbons (Fsp3) is 0.929. The molecule has 1 N–H and O–H groups in total. The van der Waals surface area contributed by atoms with Crippen LogP contribution in [0.25, 0.3) is 0 Å². The molecule has 1 amide bonds. The molecule has 2 aliphatic rings.